The van der Waals surface area contributed by atoms with Crippen molar-refractivity contribution in [3.63, 3.8) is 0 Å². The zero-order valence-corrected chi connectivity index (χ0v) is 15.4. The SMILES string of the molecule is O=C(N/N=C/c1cc([N+](=O)[O-])ccc1Cl)C(c1ccccc1)c1ccccc1. The molecule has 0 aliphatic rings. The number of benzene rings is 3. The topological polar surface area (TPSA) is 84.6 Å². The second-order valence-corrected chi connectivity index (χ2v) is 6.36. The summed E-state index contributed by atoms with van der Waals surface area (Å²) in [7, 11) is 0. The highest BCUT2D eigenvalue weighted by molar-refractivity contribution is 6.33. The minimum atomic E-state index is -0.542. The highest BCUT2D eigenvalue weighted by Crippen LogP contribution is 2.25. The van der Waals surface area contributed by atoms with Gasteiger partial charge in [0.05, 0.1) is 17.1 Å². The molecule has 0 radical (unpaired) electrons. The summed E-state index contributed by atoms with van der Waals surface area (Å²) in [5, 5.41) is 15.1. The lowest BCUT2D eigenvalue weighted by atomic mass is 9.91. The number of halogens is 1. The average Bonchev–Trinajstić information content (AvgIpc) is 2.71. The molecule has 1 N–H and O–H groups in total. The minimum absolute atomic E-state index is 0.108. The fourth-order valence-electron chi connectivity index (χ4n) is 2.76. The molecule has 0 spiro atoms. The molecule has 0 saturated heterocycles. The van der Waals surface area contributed by atoms with Gasteiger partial charge in [0.2, 0.25) is 0 Å². The highest BCUT2D eigenvalue weighted by atomic mass is 35.5. The molecular formula is C21H16ClN3O3. The molecular weight excluding hydrogens is 378 g/mol. The van der Waals surface area contributed by atoms with Gasteiger partial charge in [-0.2, -0.15) is 5.10 Å². The van der Waals surface area contributed by atoms with Crippen molar-refractivity contribution in [1.29, 1.82) is 0 Å². The maximum Gasteiger partial charge on any atom is 0.270 e. The molecule has 6 nitrogen and oxygen atoms in total. The van der Waals surface area contributed by atoms with E-state index >= 15 is 0 Å². The first-order valence-electron chi connectivity index (χ1n) is 8.43. The Bertz CT molecular complexity index is 968. The molecule has 7 heteroatoms. The number of nitro benzene ring substituents is 1. The Hall–Kier alpha value is -3.51. The number of rotatable bonds is 6. The van der Waals surface area contributed by atoms with Crippen molar-refractivity contribution in [3.05, 3.63) is 111 Å². The predicted molar refractivity (Wildman–Crippen MR) is 109 cm³/mol. The number of carbonyl (C=O) groups excluding carboxylic acids is 1. The lowest BCUT2D eigenvalue weighted by molar-refractivity contribution is -0.384. The fraction of sp³-hybridized carbons (Fsp3) is 0.0476. The summed E-state index contributed by atoms with van der Waals surface area (Å²) in [6.07, 6.45) is 1.29. The van der Waals surface area contributed by atoms with Crippen LogP contribution in [0.3, 0.4) is 0 Å². The van der Waals surface area contributed by atoms with Crippen LogP contribution in [0.4, 0.5) is 5.69 Å². The normalized spacial score (nSPS) is 10.9. The Labute approximate surface area is 166 Å². The first kappa shape index (κ1) is 19.3. The van der Waals surface area contributed by atoms with Crippen LogP contribution in [-0.4, -0.2) is 17.0 Å². The van der Waals surface area contributed by atoms with Crippen LogP contribution in [0, 0.1) is 10.1 Å². The lowest BCUT2D eigenvalue weighted by Crippen LogP contribution is -2.26. The number of amides is 1. The first-order chi connectivity index (χ1) is 13.6. The number of hydrazone groups is 1. The van der Waals surface area contributed by atoms with E-state index < -0.39 is 10.8 Å². The largest absolute Gasteiger partial charge is 0.272 e. The van der Waals surface area contributed by atoms with Gasteiger partial charge in [0.15, 0.2) is 0 Å². The number of hydrogen-bond acceptors (Lipinski definition) is 4. The maximum absolute atomic E-state index is 12.8. The van der Waals surface area contributed by atoms with Gasteiger partial charge in [-0.25, -0.2) is 5.43 Å². The molecule has 0 bridgehead atoms. The van der Waals surface area contributed by atoms with Crippen LogP contribution in [0.15, 0.2) is 84.0 Å². The van der Waals surface area contributed by atoms with Crippen molar-refractivity contribution in [2.45, 2.75) is 5.92 Å². The van der Waals surface area contributed by atoms with Crippen LogP contribution in [0.25, 0.3) is 0 Å². The quantitative estimate of drug-likeness (QED) is 0.379. The Morgan fingerprint density at radius 1 is 1.00 bits per heavy atom. The summed E-state index contributed by atoms with van der Waals surface area (Å²) in [5.41, 5.74) is 4.40. The van der Waals surface area contributed by atoms with Gasteiger partial charge in [-0.1, -0.05) is 72.3 Å². The molecule has 0 aromatic heterocycles. The second kappa shape index (κ2) is 8.92. The average molecular weight is 394 g/mol. The Morgan fingerprint density at radius 2 is 1.57 bits per heavy atom. The van der Waals surface area contributed by atoms with Gasteiger partial charge in [0.25, 0.3) is 11.6 Å². The van der Waals surface area contributed by atoms with Crippen LogP contribution in [0.2, 0.25) is 5.02 Å². The molecule has 140 valence electrons. The van der Waals surface area contributed by atoms with Crippen molar-refractivity contribution >= 4 is 29.4 Å². The molecule has 0 aliphatic carbocycles. The summed E-state index contributed by atoms with van der Waals surface area (Å²) in [4.78, 5) is 23.2. The van der Waals surface area contributed by atoms with E-state index in [-0.39, 0.29) is 11.6 Å². The second-order valence-electron chi connectivity index (χ2n) is 5.95. The molecule has 3 rings (SSSR count). The van der Waals surface area contributed by atoms with Crippen LogP contribution in [0.5, 0.6) is 0 Å². The number of hydrogen-bond donors (Lipinski definition) is 1. The smallest absolute Gasteiger partial charge is 0.270 e. The predicted octanol–water partition coefficient (Wildman–Crippen LogP) is 4.53. The minimum Gasteiger partial charge on any atom is -0.272 e. The van der Waals surface area contributed by atoms with Crippen molar-refractivity contribution < 1.29 is 9.72 Å². The zero-order chi connectivity index (χ0) is 19.9. The van der Waals surface area contributed by atoms with Crippen molar-refractivity contribution in [3.8, 4) is 0 Å². The van der Waals surface area contributed by atoms with Crippen molar-refractivity contribution in [1.82, 2.24) is 5.43 Å². The fourth-order valence-corrected chi connectivity index (χ4v) is 2.93. The van der Waals surface area contributed by atoms with Gasteiger partial charge in [0, 0.05) is 22.7 Å². The molecule has 0 saturated carbocycles. The van der Waals surface area contributed by atoms with E-state index in [9.17, 15) is 14.9 Å². The summed E-state index contributed by atoms with van der Waals surface area (Å²) in [6, 6.07) is 22.7. The van der Waals surface area contributed by atoms with Crippen LogP contribution < -0.4 is 5.43 Å². The molecule has 0 unspecified atom stereocenters. The van der Waals surface area contributed by atoms with E-state index in [0.29, 0.717) is 10.6 Å². The number of non-ortho nitro benzene ring substituents is 1. The van der Waals surface area contributed by atoms with Crippen molar-refractivity contribution in [2.75, 3.05) is 0 Å². The van der Waals surface area contributed by atoms with Gasteiger partial charge >= 0.3 is 0 Å². The van der Waals surface area contributed by atoms with Gasteiger partial charge in [-0.3, -0.25) is 14.9 Å². The van der Waals surface area contributed by atoms with E-state index in [1.54, 1.807) is 0 Å². The number of nitrogens with zero attached hydrogens (tertiary/aromatic N) is 2. The molecule has 0 aliphatic heterocycles. The number of nitro groups is 1. The Morgan fingerprint density at radius 3 is 2.11 bits per heavy atom. The molecule has 28 heavy (non-hydrogen) atoms. The molecule has 0 heterocycles. The summed E-state index contributed by atoms with van der Waals surface area (Å²) >= 11 is 6.04. The third-order valence-electron chi connectivity index (χ3n) is 4.10. The Kier molecular flexibility index (Phi) is 6.14. The molecule has 0 atom stereocenters. The number of carbonyl (C=O) groups is 1. The third kappa shape index (κ3) is 4.61. The van der Waals surface area contributed by atoms with E-state index in [1.807, 2.05) is 60.7 Å². The van der Waals surface area contributed by atoms with Crippen LogP contribution in [-0.2, 0) is 4.79 Å². The third-order valence-corrected chi connectivity index (χ3v) is 4.44. The van der Waals surface area contributed by atoms with E-state index in [0.717, 1.165) is 11.1 Å². The standard InChI is InChI=1S/C21H16ClN3O3/c22-19-12-11-18(25(27)28)13-17(19)14-23-24-21(26)20(15-7-3-1-4-8-15)16-9-5-2-6-10-16/h1-14,20H,(H,24,26)/b23-14+. The van der Waals surface area contributed by atoms with Gasteiger partial charge in [-0.05, 0) is 17.2 Å². The van der Waals surface area contributed by atoms with Crippen molar-refractivity contribution in [2.24, 2.45) is 5.10 Å². The maximum atomic E-state index is 12.8. The van der Waals surface area contributed by atoms with Gasteiger partial charge in [0.1, 0.15) is 0 Å². The summed E-state index contributed by atoms with van der Waals surface area (Å²) in [5.74, 6) is -0.865. The number of nitrogens with one attached hydrogen (secondary N) is 1. The lowest BCUT2D eigenvalue weighted by Gasteiger charge is -2.16. The molecule has 3 aromatic rings. The van der Waals surface area contributed by atoms with E-state index in [4.69, 9.17) is 11.6 Å². The van der Waals surface area contributed by atoms with Crippen LogP contribution in [0.1, 0.15) is 22.6 Å². The zero-order valence-electron chi connectivity index (χ0n) is 14.7. The van der Waals surface area contributed by atoms with Gasteiger partial charge < -0.3 is 0 Å². The summed E-state index contributed by atoms with van der Waals surface area (Å²) in [6.45, 7) is 0. The molecule has 0 fully saturated rings. The van der Waals surface area contributed by atoms with Gasteiger partial charge in [-0.15, -0.1) is 0 Å². The highest BCUT2D eigenvalue weighted by Gasteiger charge is 2.22. The van der Waals surface area contributed by atoms with Crippen LogP contribution >= 0.6 is 11.6 Å². The summed E-state index contributed by atoms with van der Waals surface area (Å²) < 4.78 is 0. The Balaban J connectivity index is 1.83. The first-order valence-corrected chi connectivity index (χ1v) is 8.81. The molecule has 3 aromatic carbocycles. The monoisotopic (exact) mass is 393 g/mol. The van der Waals surface area contributed by atoms with E-state index in [1.165, 1.54) is 24.4 Å². The molecule has 1 amide bonds. The van der Waals surface area contributed by atoms with E-state index in [2.05, 4.69) is 10.5 Å².